The largest absolute Gasteiger partial charge is 0.417 e. The molecule has 23 heavy (non-hydrogen) atoms. The summed E-state index contributed by atoms with van der Waals surface area (Å²) in [6.07, 6.45) is 5.80. The summed E-state index contributed by atoms with van der Waals surface area (Å²) in [6.45, 7) is 8.75. The van der Waals surface area contributed by atoms with E-state index in [1.807, 2.05) is 0 Å². The maximum Gasteiger partial charge on any atom is 0.183 e. The number of likely N-dealkylation sites (N-methyl/N-ethyl adjacent to an activating group) is 1. The predicted octanol–water partition coefficient (Wildman–Crippen LogP) is 3.89. The molecule has 4 heteroatoms. The summed E-state index contributed by atoms with van der Waals surface area (Å²) < 4.78 is 6.19. The van der Waals surface area contributed by atoms with Crippen LogP contribution >= 0.6 is 0 Å². The molecule has 0 fully saturated rings. The van der Waals surface area contributed by atoms with Gasteiger partial charge in [0.2, 0.25) is 0 Å². The average Bonchev–Trinajstić information content (AvgIpc) is 2.90. The highest BCUT2D eigenvalue weighted by Crippen LogP contribution is 2.40. The Bertz CT molecular complexity index is 771. The molecule has 0 radical (unpaired) electrons. The van der Waals surface area contributed by atoms with E-state index in [-0.39, 0.29) is 0 Å². The van der Waals surface area contributed by atoms with Crippen molar-refractivity contribution < 1.29 is 4.43 Å². The Kier molecular flexibility index (Phi) is 3.52. The van der Waals surface area contributed by atoms with Crippen molar-refractivity contribution >= 4 is 24.8 Å². The summed E-state index contributed by atoms with van der Waals surface area (Å²) in [5, 5.41) is 1.43. The summed E-state index contributed by atoms with van der Waals surface area (Å²) in [7, 11) is 0.806. The van der Waals surface area contributed by atoms with Gasteiger partial charge in [-0.05, 0) is 55.9 Å². The minimum absolute atomic E-state index is 0.494. The van der Waals surface area contributed by atoms with Crippen LogP contribution in [-0.4, -0.2) is 44.4 Å². The van der Waals surface area contributed by atoms with Crippen LogP contribution in [0.4, 0.5) is 0 Å². The van der Waals surface area contributed by atoms with Gasteiger partial charge in [-0.15, -0.1) is 0 Å². The van der Waals surface area contributed by atoms with E-state index in [4.69, 9.17) is 4.43 Å². The molecule has 4 rings (SSSR count). The summed E-state index contributed by atoms with van der Waals surface area (Å²) in [4.78, 5) is 5.95. The first-order chi connectivity index (χ1) is 10.9. The van der Waals surface area contributed by atoms with Gasteiger partial charge in [0.15, 0.2) is 8.32 Å². The first-order valence-corrected chi connectivity index (χ1v) is 12.0. The van der Waals surface area contributed by atoms with Crippen molar-refractivity contribution in [2.45, 2.75) is 32.1 Å². The molecule has 122 valence electrons. The van der Waals surface area contributed by atoms with Gasteiger partial charge >= 0.3 is 0 Å². The molecule has 1 aromatic carbocycles. The van der Waals surface area contributed by atoms with E-state index in [0.29, 0.717) is 12.0 Å². The van der Waals surface area contributed by atoms with Crippen LogP contribution in [0.3, 0.4) is 0 Å². The number of hydrogen-bond donors (Lipinski definition) is 1. The Labute approximate surface area is 139 Å². The second kappa shape index (κ2) is 5.33. The van der Waals surface area contributed by atoms with Crippen LogP contribution < -0.4 is 0 Å². The van der Waals surface area contributed by atoms with Crippen LogP contribution in [0.2, 0.25) is 19.6 Å². The van der Waals surface area contributed by atoms with E-state index in [9.17, 15) is 0 Å². The van der Waals surface area contributed by atoms with Crippen LogP contribution in [0.5, 0.6) is 0 Å². The monoisotopic (exact) mass is 326 g/mol. The SMILES string of the molecule is CN1C[C@H](CO[Si](C)(C)C)C=C2c3cccc4[nH]cc(c34)C[C@H]21. The molecule has 2 heterocycles. The number of aromatic amines is 1. The van der Waals surface area contributed by atoms with E-state index in [0.717, 1.165) is 19.6 Å². The van der Waals surface area contributed by atoms with Crippen molar-refractivity contribution in [2.75, 3.05) is 20.2 Å². The third kappa shape index (κ3) is 2.69. The first kappa shape index (κ1) is 15.2. The second-order valence-electron chi connectivity index (χ2n) is 8.01. The average molecular weight is 327 g/mol. The molecule has 3 nitrogen and oxygen atoms in total. The summed E-state index contributed by atoms with van der Waals surface area (Å²) >= 11 is 0. The molecule has 1 aliphatic carbocycles. The van der Waals surface area contributed by atoms with Gasteiger partial charge < -0.3 is 9.41 Å². The lowest BCUT2D eigenvalue weighted by atomic mass is 9.80. The molecule has 2 atom stereocenters. The van der Waals surface area contributed by atoms with Crippen molar-refractivity contribution in [1.29, 1.82) is 0 Å². The van der Waals surface area contributed by atoms with E-state index < -0.39 is 8.32 Å². The Morgan fingerprint density at radius 1 is 1.30 bits per heavy atom. The lowest BCUT2D eigenvalue weighted by Crippen LogP contribution is -2.44. The third-order valence-electron chi connectivity index (χ3n) is 5.07. The topological polar surface area (TPSA) is 28.3 Å². The molecular formula is C19H26N2OSi. The minimum atomic E-state index is -1.46. The number of H-pyrrole nitrogens is 1. The summed E-state index contributed by atoms with van der Waals surface area (Å²) in [5.41, 5.74) is 5.64. The van der Waals surface area contributed by atoms with Crippen LogP contribution in [0.25, 0.3) is 16.5 Å². The molecule has 1 aliphatic heterocycles. The molecule has 1 N–H and O–H groups in total. The second-order valence-corrected chi connectivity index (χ2v) is 12.5. The van der Waals surface area contributed by atoms with Crippen LogP contribution in [0.1, 0.15) is 11.1 Å². The summed E-state index contributed by atoms with van der Waals surface area (Å²) in [6, 6.07) is 7.14. The number of nitrogens with zero attached hydrogens (tertiary/aromatic N) is 1. The fraction of sp³-hybridized carbons (Fsp3) is 0.474. The zero-order valence-electron chi connectivity index (χ0n) is 14.5. The number of aromatic nitrogens is 1. The Balaban J connectivity index is 1.73. The zero-order chi connectivity index (χ0) is 16.2. The molecule has 0 spiro atoms. The Morgan fingerprint density at radius 2 is 2.13 bits per heavy atom. The van der Waals surface area contributed by atoms with Gasteiger partial charge in [-0.3, -0.25) is 4.90 Å². The van der Waals surface area contributed by atoms with Crippen LogP contribution in [0.15, 0.2) is 30.5 Å². The van der Waals surface area contributed by atoms with Gasteiger partial charge in [-0.25, -0.2) is 0 Å². The van der Waals surface area contributed by atoms with Crippen LogP contribution in [-0.2, 0) is 10.8 Å². The molecule has 2 aromatic rings. The number of benzene rings is 1. The van der Waals surface area contributed by atoms with Crippen molar-refractivity contribution in [3.05, 3.63) is 41.6 Å². The van der Waals surface area contributed by atoms with E-state index in [1.165, 1.54) is 27.6 Å². The predicted molar refractivity (Wildman–Crippen MR) is 99.2 cm³/mol. The van der Waals surface area contributed by atoms with Crippen molar-refractivity contribution in [1.82, 2.24) is 9.88 Å². The fourth-order valence-corrected chi connectivity index (χ4v) is 4.72. The number of hydrogen-bond acceptors (Lipinski definition) is 2. The minimum Gasteiger partial charge on any atom is -0.417 e. The lowest BCUT2D eigenvalue weighted by Gasteiger charge is -2.40. The van der Waals surface area contributed by atoms with Gasteiger partial charge in [0.1, 0.15) is 0 Å². The molecule has 0 saturated carbocycles. The van der Waals surface area contributed by atoms with Crippen molar-refractivity contribution in [3.8, 4) is 0 Å². The van der Waals surface area contributed by atoms with Crippen molar-refractivity contribution in [2.24, 2.45) is 5.92 Å². The zero-order valence-corrected chi connectivity index (χ0v) is 15.5. The Morgan fingerprint density at radius 3 is 2.91 bits per heavy atom. The Hall–Kier alpha value is -1.36. The molecule has 0 bridgehead atoms. The van der Waals surface area contributed by atoms with E-state index >= 15 is 0 Å². The maximum atomic E-state index is 6.19. The number of nitrogens with one attached hydrogen (secondary N) is 1. The van der Waals surface area contributed by atoms with Gasteiger partial charge in [-0.1, -0.05) is 18.2 Å². The maximum absolute atomic E-state index is 6.19. The standard InChI is InChI=1S/C19H26N2OSi/c1-21-11-13(12-22-23(2,3)4)8-16-15-6-5-7-17-19(15)14(10-20-17)9-18(16)21/h5-8,10,13,18,20H,9,11-12H2,1-4H3/t13-,18-/m1/s1. The molecule has 0 unspecified atom stereocenters. The van der Waals surface area contributed by atoms with Crippen LogP contribution in [0, 0.1) is 5.92 Å². The highest BCUT2D eigenvalue weighted by molar-refractivity contribution is 6.69. The summed E-state index contributed by atoms with van der Waals surface area (Å²) in [5.74, 6) is 0.494. The van der Waals surface area contributed by atoms with Gasteiger partial charge in [0.05, 0.1) is 0 Å². The highest BCUT2D eigenvalue weighted by atomic mass is 28.4. The highest BCUT2D eigenvalue weighted by Gasteiger charge is 2.33. The van der Waals surface area contributed by atoms with Crippen molar-refractivity contribution in [3.63, 3.8) is 0 Å². The number of rotatable bonds is 3. The number of fused-ring (bicyclic) bond motifs is 2. The van der Waals surface area contributed by atoms with E-state index in [2.05, 4.69) is 67.0 Å². The molecule has 1 aromatic heterocycles. The third-order valence-corrected chi connectivity index (χ3v) is 6.10. The fourth-order valence-electron chi connectivity index (χ4n) is 4.01. The quantitative estimate of drug-likeness (QED) is 0.867. The molecule has 0 amide bonds. The normalized spacial score (nSPS) is 24.6. The molecule has 2 aliphatic rings. The lowest BCUT2D eigenvalue weighted by molar-refractivity contribution is 0.190. The smallest absolute Gasteiger partial charge is 0.183 e. The van der Waals surface area contributed by atoms with E-state index in [1.54, 1.807) is 0 Å². The van der Waals surface area contributed by atoms with Gasteiger partial charge in [0, 0.05) is 42.2 Å². The van der Waals surface area contributed by atoms with Gasteiger partial charge in [-0.2, -0.15) is 0 Å². The molecule has 0 saturated heterocycles. The van der Waals surface area contributed by atoms with Gasteiger partial charge in [0.25, 0.3) is 0 Å². The molecular weight excluding hydrogens is 300 g/mol. The first-order valence-electron chi connectivity index (χ1n) is 8.57.